The van der Waals surface area contributed by atoms with Crippen molar-refractivity contribution in [2.45, 2.75) is 44.9 Å². The fourth-order valence-corrected chi connectivity index (χ4v) is 1.49. The summed E-state index contributed by atoms with van der Waals surface area (Å²) in [5, 5.41) is 0. The molecule has 5 heteroatoms. The number of esters is 1. The van der Waals surface area contributed by atoms with Gasteiger partial charge in [-0.3, -0.25) is 0 Å². The second-order valence-electron chi connectivity index (χ2n) is 3.74. The van der Waals surface area contributed by atoms with Crippen LogP contribution >= 0.6 is 0 Å². The zero-order valence-electron chi connectivity index (χ0n) is 9.83. The molecule has 0 N–H and O–H groups in total. The van der Waals surface area contributed by atoms with Crippen molar-refractivity contribution in [2.24, 2.45) is 0 Å². The lowest BCUT2D eigenvalue weighted by Gasteiger charge is -2.47. The predicted octanol–water partition coefficient (Wildman–Crippen LogP) is 1.06. The first-order valence-corrected chi connectivity index (χ1v) is 4.93. The Bertz CT molecular complexity index is 254. The molecule has 0 bridgehead atoms. The van der Waals surface area contributed by atoms with E-state index in [2.05, 4.69) is 0 Å². The normalized spacial score (nSPS) is 41.4. The van der Waals surface area contributed by atoms with E-state index in [9.17, 15) is 4.79 Å². The van der Waals surface area contributed by atoms with Crippen LogP contribution in [-0.2, 0) is 23.7 Å². The average Bonchev–Trinajstić information content (AvgIpc) is 2.23. The number of cyclic esters (lactones) is 1. The molecule has 1 saturated heterocycles. The summed E-state index contributed by atoms with van der Waals surface area (Å²) >= 11 is 0. The summed E-state index contributed by atoms with van der Waals surface area (Å²) in [4.78, 5) is 11.5. The number of carbonyl (C=O) groups excluding carboxylic acids is 1. The molecule has 0 saturated carbocycles. The molecular formula is C10H18O5. The molecule has 1 rings (SSSR count). The van der Waals surface area contributed by atoms with Gasteiger partial charge in [-0.25, -0.2) is 4.79 Å². The summed E-state index contributed by atoms with van der Waals surface area (Å²) in [7, 11) is 2.93. The van der Waals surface area contributed by atoms with E-state index >= 15 is 0 Å². The van der Waals surface area contributed by atoms with Crippen molar-refractivity contribution in [2.75, 3.05) is 14.2 Å². The molecule has 1 fully saturated rings. The van der Waals surface area contributed by atoms with E-state index in [1.54, 1.807) is 13.8 Å². The van der Waals surface area contributed by atoms with Crippen LogP contribution in [0.2, 0.25) is 0 Å². The van der Waals surface area contributed by atoms with Gasteiger partial charge >= 0.3 is 5.97 Å². The Balaban J connectivity index is 2.97. The lowest BCUT2D eigenvalue weighted by Crippen LogP contribution is -2.63. The van der Waals surface area contributed by atoms with E-state index in [0.717, 1.165) is 0 Å². The monoisotopic (exact) mass is 218 g/mol. The van der Waals surface area contributed by atoms with Gasteiger partial charge in [-0.1, -0.05) is 6.92 Å². The second kappa shape index (κ2) is 4.08. The fourth-order valence-electron chi connectivity index (χ4n) is 1.49. The highest BCUT2D eigenvalue weighted by molar-refractivity contribution is 5.75. The third kappa shape index (κ3) is 1.87. The molecule has 0 unspecified atom stereocenters. The fraction of sp³-hybridized carbons (Fsp3) is 0.900. The Labute approximate surface area is 89.6 Å². The van der Waals surface area contributed by atoms with Crippen LogP contribution in [-0.4, -0.2) is 37.9 Å². The maximum atomic E-state index is 11.5. The number of ether oxygens (including phenoxy) is 4. The van der Waals surface area contributed by atoms with Gasteiger partial charge in [0.15, 0.2) is 6.10 Å². The van der Waals surface area contributed by atoms with E-state index in [0.29, 0.717) is 6.42 Å². The molecular weight excluding hydrogens is 200 g/mol. The first kappa shape index (κ1) is 12.4. The van der Waals surface area contributed by atoms with Crippen molar-refractivity contribution in [1.29, 1.82) is 0 Å². The van der Waals surface area contributed by atoms with Gasteiger partial charge < -0.3 is 18.9 Å². The molecule has 0 aromatic heterocycles. The van der Waals surface area contributed by atoms with Gasteiger partial charge in [-0.2, -0.15) is 0 Å². The molecule has 1 aliphatic heterocycles. The molecule has 0 amide bonds. The van der Waals surface area contributed by atoms with Crippen LogP contribution in [0.5, 0.6) is 0 Å². The first-order valence-electron chi connectivity index (χ1n) is 4.93. The van der Waals surface area contributed by atoms with Crippen molar-refractivity contribution >= 4 is 5.97 Å². The van der Waals surface area contributed by atoms with E-state index in [4.69, 9.17) is 18.9 Å². The Morgan fingerprint density at radius 2 is 1.80 bits per heavy atom. The Kier molecular flexibility index (Phi) is 3.38. The zero-order chi connectivity index (χ0) is 11.7. The molecule has 0 aromatic rings. The zero-order valence-corrected chi connectivity index (χ0v) is 9.83. The summed E-state index contributed by atoms with van der Waals surface area (Å²) in [6, 6.07) is 0. The molecule has 3 atom stereocenters. The number of hydrogen-bond acceptors (Lipinski definition) is 5. The predicted molar refractivity (Wildman–Crippen MR) is 52.1 cm³/mol. The highest BCUT2D eigenvalue weighted by Gasteiger charge is 2.57. The first-order chi connectivity index (χ1) is 6.92. The number of carbonyl (C=O) groups is 1. The van der Waals surface area contributed by atoms with Crippen LogP contribution in [0.3, 0.4) is 0 Å². The molecule has 15 heavy (non-hydrogen) atoms. The summed E-state index contributed by atoms with van der Waals surface area (Å²) in [6.07, 6.45) is -0.0596. The van der Waals surface area contributed by atoms with Gasteiger partial charge in [-0.05, 0) is 13.3 Å². The van der Waals surface area contributed by atoms with Gasteiger partial charge in [0.2, 0.25) is 5.79 Å². The Morgan fingerprint density at radius 1 is 1.27 bits per heavy atom. The highest BCUT2D eigenvalue weighted by Crippen LogP contribution is 2.37. The van der Waals surface area contributed by atoms with Gasteiger partial charge in [0.25, 0.3) is 5.79 Å². The second-order valence-corrected chi connectivity index (χ2v) is 3.74. The molecule has 0 aliphatic carbocycles. The Hall–Kier alpha value is -0.650. The van der Waals surface area contributed by atoms with E-state index < -0.39 is 23.6 Å². The molecule has 1 heterocycles. The van der Waals surface area contributed by atoms with Gasteiger partial charge in [-0.15, -0.1) is 0 Å². The van der Waals surface area contributed by atoms with Crippen LogP contribution < -0.4 is 0 Å². The number of rotatable bonds is 3. The van der Waals surface area contributed by atoms with E-state index in [-0.39, 0.29) is 0 Å². The van der Waals surface area contributed by atoms with Crippen molar-refractivity contribution in [3.8, 4) is 0 Å². The maximum Gasteiger partial charge on any atom is 0.338 e. The van der Waals surface area contributed by atoms with Crippen molar-refractivity contribution in [1.82, 2.24) is 0 Å². The van der Waals surface area contributed by atoms with Crippen molar-refractivity contribution in [3.05, 3.63) is 0 Å². The number of hydrogen-bond donors (Lipinski definition) is 0. The van der Waals surface area contributed by atoms with Gasteiger partial charge in [0.1, 0.15) is 0 Å². The lowest BCUT2D eigenvalue weighted by molar-refractivity contribution is -0.405. The SMILES string of the molecule is CC[C@H]1O[C@](C)(OC)[C@@](C)(OC)OC1=O. The van der Waals surface area contributed by atoms with Crippen LogP contribution in [0.1, 0.15) is 27.2 Å². The third-order valence-corrected chi connectivity index (χ3v) is 2.90. The third-order valence-electron chi connectivity index (χ3n) is 2.90. The minimum Gasteiger partial charge on any atom is -0.425 e. The van der Waals surface area contributed by atoms with E-state index in [1.165, 1.54) is 14.2 Å². The van der Waals surface area contributed by atoms with Crippen LogP contribution in [0, 0.1) is 0 Å². The molecule has 0 aromatic carbocycles. The Morgan fingerprint density at radius 3 is 2.20 bits per heavy atom. The highest BCUT2D eigenvalue weighted by atomic mass is 16.8. The molecule has 5 nitrogen and oxygen atoms in total. The summed E-state index contributed by atoms with van der Waals surface area (Å²) < 4.78 is 21.2. The van der Waals surface area contributed by atoms with Crippen molar-refractivity contribution < 1.29 is 23.7 Å². The smallest absolute Gasteiger partial charge is 0.338 e. The van der Waals surface area contributed by atoms with E-state index in [1.807, 2.05) is 6.92 Å². The summed E-state index contributed by atoms with van der Waals surface area (Å²) in [5.74, 6) is -2.72. The van der Waals surface area contributed by atoms with Crippen molar-refractivity contribution in [3.63, 3.8) is 0 Å². The molecule has 0 spiro atoms. The molecule has 1 aliphatic rings. The molecule has 0 radical (unpaired) electrons. The minimum atomic E-state index is -1.22. The van der Waals surface area contributed by atoms with Crippen LogP contribution in [0.15, 0.2) is 0 Å². The topological polar surface area (TPSA) is 54.0 Å². The average molecular weight is 218 g/mol. The maximum absolute atomic E-state index is 11.5. The molecule has 88 valence electrons. The standard InChI is InChI=1S/C10H18O5/c1-6-7-8(11)15-10(3,13-5)9(2,12-4)14-7/h7H,6H2,1-5H3/t7-,9+,10+/m1/s1. The number of methoxy groups -OCH3 is 2. The van der Waals surface area contributed by atoms with Gasteiger partial charge in [0.05, 0.1) is 0 Å². The largest absolute Gasteiger partial charge is 0.425 e. The van der Waals surface area contributed by atoms with Crippen LogP contribution in [0.4, 0.5) is 0 Å². The summed E-state index contributed by atoms with van der Waals surface area (Å²) in [5.41, 5.74) is 0. The van der Waals surface area contributed by atoms with Gasteiger partial charge in [0, 0.05) is 21.1 Å². The quantitative estimate of drug-likeness (QED) is 0.663. The minimum absolute atomic E-state index is 0.420. The summed E-state index contributed by atoms with van der Waals surface area (Å²) in [6.45, 7) is 5.14. The lowest BCUT2D eigenvalue weighted by atomic mass is 10.1. The van der Waals surface area contributed by atoms with Crippen LogP contribution in [0.25, 0.3) is 0 Å².